The van der Waals surface area contributed by atoms with E-state index in [4.69, 9.17) is 11.6 Å². The first-order chi connectivity index (χ1) is 11.1. The fourth-order valence-electron chi connectivity index (χ4n) is 2.10. The third kappa shape index (κ3) is 4.27. The molecule has 2 unspecified atom stereocenters. The first-order valence-electron chi connectivity index (χ1n) is 7.55. The van der Waals surface area contributed by atoms with Crippen LogP contribution in [0.5, 0.6) is 0 Å². The summed E-state index contributed by atoms with van der Waals surface area (Å²) in [4.78, 5) is 13.6. The second-order valence-corrected chi connectivity index (χ2v) is 5.60. The Hall–Kier alpha value is -1.99. The number of hydrogen-bond donors (Lipinski definition) is 2. The Balaban J connectivity index is 2.16. The fraction of sp³-hybridized carbons (Fsp3) is 0.467. The van der Waals surface area contributed by atoms with Gasteiger partial charge in [0.05, 0.1) is 12.6 Å². The lowest BCUT2D eigenvalue weighted by Crippen LogP contribution is -2.41. The monoisotopic (exact) mass is 337 g/mol. The van der Waals surface area contributed by atoms with Gasteiger partial charge in [0.1, 0.15) is 0 Å². The molecule has 0 saturated carbocycles. The number of aromatic nitrogens is 4. The Kier molecular flexibility index (Phi) is 6.06. The highest BCUT2D eigenvalue weighted by atomic mass is 35.5. The number of hydrogen-bond acceptors (Lipinski definition) is 5. The molecule has 0 aliphatic carbocycles. The molecule has 0 fully saturated rings. The normalized spacial score (nSPS) is 13.6. The summed E-state index contributed by atoms with van der Waals surface area (Å²) in [6.07, 6.45) is 1.17. The van der Waals surface area contributed by atoms with Crippen LogP contribution in [0.15, 0.2) is 24.3 Å². The summed E-state index contributed by atoms with van der Waals surface area (Å²) in [6, 6.07) is 6.25. The van der Waals surface area contributed by atoms with E-state index >= 15 is 0 Å². The first kappa shape index (κ1) is 17.4. The molecule has 8 heteroatoms. The minimum absolute atomic E-state index is 0.0977. The molecule has 0 bridgehead atoms. The second kappa shape index (κ2) is 8.03. The van der Waals surface area contributed by atoms with E-state index < -0.39 is 6.04 Å². The van der Waals surface area contributed by atoms with Gasteiger partial charge in [-0.2, -0.15) is 4.80 Å². The molecule has 2 aromatic rings. The van der Waals surface area contributed by atoms with Crippen molar-refractivity contribution in [1.29, 1.82) is 0 Å². The predicted octanol–water partition coefficient (Wildman–Crippen LogP) is 1.83. The molecule has 2 atom stereocenters. The van der Waals surface area contributed by atoms with Crippen molar-refractivity contribution in [2.45, 2.75) is 38.8 Å². The van der Waals surface area contributed by atoms with E-state index in [-0.39, 0.29) is 18.6 Å². The van der Waals surface area contributed by atoms with Crippen LogP contribution in [0.1, 0.15) is 32.7 Å². The lowest BCUT2D eigenvalue weighted by molar-refractivity contribution is -0.126. The minimum atomic E-state index is -0.566. The van der Waals surface area contributed by atoms with Crippen LogP contribution >= 0.6 is 11.6 Å². The van der Waals surface area contributed by atoms with E-state index in [9.17, 15) is 9.90 Å². The van der Waals surface area contributed by atoms with Gasteiger partial charge in [0.2, 0.25) is 11.7 Å². The highest BCUT2D eigenvalue weighted by Gasteiger charge is 2.23. The van der Waals surface area contributed by atoms with Gasteiger partial charge >= 0.3 is 0 Å². The zero-order chi connectivity index (χ0) is 16.8. The van der Waals surface area contributed by atoms with Crippen molar-refractivity contribution >= 4 is 17.5 Å². The molecule has 1 aromatic carbocycles. The van der Waals surface area contributed by atoms with Crippen LogP contribution in [-0.2, 0) is 4.79 Å². The molecule has 1 amide bonds. The molecule has 2 N–H and O–H groups in total. The Morgan fingerprint density at radius 3 is 2.57 bits per heavy atom. The summed E-state index contributed by atoms with van der Waals surface area (Å²) >= 11 is 5.86. The summed E-state index contributed by atoms with van der Waals surface area (Å²) in [5.41, 5.74) is 0.776. The fourth-order valence-corrected chi connectivity index (χ4v) is 2.23. The number of halogens is 1. The molecule has 1 heterocycles. The summed E-state index contributed by atoms with van der Waals surface area (Å²) in [7, 11) is 0. The number of tetrazole rings is 1. The van der Waals surface area contributed by atoms with E-state index in [1.807, 2.05) is 13.8 Å². The molecule has 23 heavy (non-hydrogen) atoms. The Labute approximate surface area is 139 Å². The van der Waals surface area contributed by atoms with Crippen molar-refractivity contribution in [3.05, 3.63) is 29.3 Å². The number of aliphatic hydroxyl groups is 1. The van der Waals surface area contributed by atoms with Crippen LogP contribution in [-0.4, -0.2) is 43.9 Å². The second-order valence-electron chi connectivity index (χ2n) is 5.16. The quantitative estimate of drug-likeness (QED) is 0.804. The highest BCUT2D eigenvalue weighted by molar-refractivity contribution is 6.30. The minimum Gasteiger partial charge on any atom is -0.394 e. The SMILES string of the molecule is CCC(CO)NC(=O)C(CC)n1nnc(-c2ccc(Cl)cc2)n1. The van der Waals surface area contributed by atoms with Gasteiger partial charge in [-0.15, -0.1) is 10.2 Å². The highest BCUT2D eigenvalue weighted by Crippen LogP contribution is 2.18. The Morgan fingerprint density at radius 1 is 1.30 bits per heavy atom. The van der Waals surface area contributed by atoms with E-state index in [0.717, 1.165) is 5.56 Å². The lowest BCUT2D eigenvalue weighted by atomic mass is 10.2. The summed E-state index contributed by atoms with van der Waals surface area (Å²) in [5.74, 6) is 0.204. The van der Waals surface area contributed by atoms with E-state index in [1.54, 1.807) is 24.3 Å². The predicted molar refractivity (Wildman–Crippen MR) is 86.9 cm³/mol. The molecule has 0 aliphatic rings. The van der Waals surface area contributed by atoms with Crippen molar-refractivity contribution in [2.75, 3.05) is 6.61 Å². The maximum absolute atomic E-state index is 12.3. The smallest absolute Gasteiger partial charge is 0.247 e. The van der Waals surface area contributed by atoms with E-state index in [2.05, 4.69) is 20.7 Å². The summed E-state index contributed by atoms with van der Waals surface area (Å²) in [6.45, 7) is 3.67. The number of rotatable bonds is 7. The largest absolute Gasteiger partial charge is 0.394 e. The third-order valence-electron chi connectivity index (χ3n) is 3.56. The van der Waals surface area contributed by atoms with Crippen LogP contribution in [0, 0.1) is 0 Å². The molecule has 0 radical (unpaired) electrons. The van der Waals surface area contributed by atoms with Gasteiger partial charge in [-0.25, -0.2) is 0 Å². The standard InChI is InChI=1S/C15H20ClN5O2/c1-3-12(9-22)17-15(23)13(4-2)21-19-14(18-20-21)10-5-7-11(16)8-6-10/h5-8,12-13,22H,3-4,9H2,1-2H3,(H,17,23). The maximum Gasteiger partial charge on any atom is 0.247 e. The number of amides is 1. The molecule has 1 aromatic heterocycles. The zero-order valence-electron chi connectivity index (χ0n) is 13.1. The van der Waals surface area contributed by atoms with Crippen molar-refractivity contribution in [3.8, 4) is 11.4 Å². The lowest BCUT2D eigenvalue weighted by Gasteiger charge is -2.18. The van der Waals surface area contributed by atoms with E-state index in [1.165, 1.54) is 4.80 Å². The van der Waals surface area contributed by atoms with Crippen molar-refractivity contribution in [2.24, 2.45) is 0 Å². The van der Waals surface area contributed by atoms with Gasteiger partial charge in [-0.1, -0.05) is 25.4 Å². The topological polar surface area (TPSA) is 92.9 Å². The third-order valence-corrected chi connectivity index (χ3v) is 3.81. The van der Waals surface area contributed by atoms with Gasteiger partial charge in [-0.05, 0) is 42.3 Å². The van der Waals surface area contributed by atoms with Crippen molar-refractivity contribution < 1.29 is 9.90 Å². The van der Waals surface area contributed by atoms with Crippen LogP contribution in [0.25, 0.3) is 11.4 Å². The van der Waals surface area contributed by atoms with Gasteiger partial charge in [0.15, 0.2) is 6.04 Å². The molecule has 0 aliphatic heterocycles. The zero-order valence-corrected chi connectivity index (χ0v) is 13.9. The van der Waals surface area contributed by atoms with Gasteiger partial charge < -0.3 is 10.4 Å². The van der Waals surface area contributed by atoms with Crippen molar-refractivity contribution in [3.63, 3.8) is 0 Å². The molecule has 2 rings (SSSR count). The number of carbonyl (C=O) groups is 1. The Morgan fingerprint density at radius 2 is 2.00 bits per heavy atom. The average molecular weight is 338 g/mol. The van der Waals surface area contributed by atoms with Crippen LogP contribution < -0.4 is 5.32 Å². The summed E-state index contributed by atoms with van der Waals surface area (Å²) in [5, 5.41) is 24.9. The van der Waals surface area contributed by atoms with E-state index in [0.29, 0.717) is 23.7 Å². The Bertz CT molecular complexity index is 640. The molecule has 7 nitrogen and oxygen atoms in total. The summed E-state index contributed by atoms with van der Waals surface area (Å²) < 4.78 is 0. The van der Waals surface area contributed by atoms with Crippen molar-refractivity contribution in [1.82, 2.24) is 25.5 Å². The van der Waals surface area contributed by atoms with Crippen LogP contribution in [0.3, 0.4) is 0 Å². The van der Waals surface area contributed by atoms with Gasteiger partial charge in [0, 0.05) is 10.6 Å². The average Bonchev–Trinajstić information content (AvgIpc) is 3.03. The first-order valence-corrected chi connectivity index (χ1v) is 7.93. The molecule has 124 valence electrons. The molecular weight excluding hydrogens is 318 g/mol. The maximum atomic E-state index is 12.3. The van der Waals surface area contributed by atoms with Gasteiger partial charge in [-0.3, -0.25) is 4.79 Å². The number of benzene rings is 1. The van der Waals surface area contributed by atoms with Crippen LogP contribution in [0.2, 0.25) is 5.02 Å². The van der Waals surface area contributed by atoms with Crippen LogP contribution in [0.4, 0.5) is 0 Å². The van der Waals surface area contributed by atoms with Gasteiger partial charge in [0.25, 0.3) is 0 Å². The number of carbonyl (C=O) groups excluding carboxylic acids is 1. The molecule has 0 saturated heterocycles. The molecule has 0 spiro atoms. The molecular formula is C15H20ClN5O2. The number of nitrogens with zero attached hydrogens (tertiary/aromatic N) is 4. The number of aliphatic hydroxyl groups excluding tert-OH is 1. The number of nitrogens with one attached hydrogen (secondary N) is 1.